The van der Waals surface area contributed by atoms with E-state index in [0.29, 0.717) is 31.1 Å². The molecule has 1 atom stereocenters. The normalized spacial score (nSPS) is 17.3. The predicted molar refractivity (Wildman–Crippen MR) is 98.1 cm³/mol. The lowest BCUT2D eigenvalue weighted by Crippen LogP contribution is -2.44. The molecule has 2 amide bonds. The maximum absolute atomic E-state index is 12.6. The number of likely N-dealkylation sites (tertiary alicyclic amines) is 1. The number of halogens is 1. The molecule has 0 aliphatic carbocycles. The van der Waals surface area contributed by atoms with Gasteiger partial charge in [-0.25, -0.2) is 0 Å². The quantitative estimate of drug-likeness (QED) is 0.852. The monoisotopic (exact) mass is 353 g/mol. The van der Waals surface area contributed by atoms with E-state index in [1.54, 1.807) is 0 Å². The summed E-state index contributed by atoms with van der Waals surface area (Å²) < 4.78 is 0. The lowest BCUT2D eigenvalue weighted by molar-refractivity contribution is -0.124. The molecule has 2 rings (SSSR count). The molecule has 1 aliphatic heterocycles. The van der Waals surface area contributed by atoms with Crippen molar-refractivity contribution in [3.63, 3.8) is 0 Å². The zero-order valence-electron chi connectivity index (χ0n) is 14.5. The average Bonchev–Trinajstić information content (AvgIpc) is 2.59. The van der Waals surface area contributed by atoms with Crippen LogP contribution >= 0.6 is 12.4 Å². The van der Waals surface area contributed by atoms with E-state index < -0.39 is 0 Å². The van der Waals surface area contributed by atoms with Crippen LogP contribution in [-0.2, 0) is 11.3 Å². The summed E-state index contributed by atoms with van der Waals surface area (Å²) in [5, 5.41) is 2.98. The first-order chi connectivity index (χ1) is 11.0. The zero-order chi connectivity index (χ0) is 16.8. The molecule has 1 fully saturated rings. The number of nitrogens with one attached hydrogen (secondary N) is 1. The van der Waals surface area contributed by atoms with Gasteiger partial charge in [-0.1, -0.05) is 26.0 Å². The Morgan fingerprint density at radius 3 is 2.54 bits per heavy atom. The second-order valence-corrected chi connectivity index (χ2v) is 6.56. The van der Waals surface area contributed by atoms with Crippen molar-refractivity contribution in [1.82, 2.24) is 10.2 Å². The van der Waals surface area contributed by atoms with Crippen LogP contribution in [0.3, 0.4) is 0 Å². The summed E-state index contributed by atoms with van der Waals surface area (Å²) in [5.74, 6) is 0.468. The molecule has 1 unspecified atom stereocenters. The van der Waals surface area contributed by atoms with Crippen LogP contribution in [0.2, 0.25) is 0 Å². The van der Waals surface area contributed by atoms with Crippen LogP contribution in [0.25, 0.3) is 0 Å². The van der Waals surface area contributed by atoms with Gasteiger partial charge >= 0.3 is 0 Å². The van der Waals surface area contributed by atoms with Gasteiger partial charge in [0.25, 0.3) is 5.91 Å². The Morgan fingerprint density at radius 1 is 1.29 bits per heavy atom. The Balaban J connectivity index is 0.00000288. The fraction of sp³-hybridized carbons (Fsp3) is 0.556. The molecule has 1 aromatic carbocycles. The van der Waals surface area contributed by atoms with Gasteiger partial charge in [0.05, 0.1) is 0 Å². The first kappa shape index (κ1) is 20.5. The van der Waals surface area contributed by atoms with Crippen molar-refractivity contribution < 1.29 is 9.59 Å². The summed E-state index contributed by atoms with van der Waals surface area (Å²) >= 11 is 0. The lowest BCUT2D eigenvalue weighted by Gasteiger charge is -2.33. The van der Waals surface area contributed by atoms with Crippen LogP contribution in [0.4, 0.5) is 0 Å². The number of benzene rings is 1. The summed E-state index contributed by atoms with van der Waals surface area (Å²) in [6, 6.07) is 7.48. The van der Waals surface area contributed by atoms with Crippen LogP contribution in [0.5, 0.6) is 0 Å². The second-order valence-electron chi connectivity index (χ2n) is 6.56. The van der Waals surface area contributed by atoms with Crippen LogP contribution < -0.4 is 11.1 Å². The maximum Gasteiger partial charge on any atom is 0.253 e. The van der Waals surface area contributed by atoms with E-state index in [2.05, 4.69) is 5.32 Å². The molecule has 6 heteroatoms. The minimum atomic E-state index is -0.00242. The molecule has 0 saturated carbocycles. The van der Waals surface area contributed by atoms with Crippen molar-refractivity contribution in [2.45, 2.75) is 33.2 Å². The van der Waals surface area contributed by atoms with E-state index in [9.17, 15) is 9.59 Å². The van der Waals surface area contributed by atoms with Crippen LogP contribution in [0.15, 0.2) is 24.3 Å². The molecule has 0 aromatic heterocycles. The number of rotatable bonds is 5. The number of carbonyl (C=O) groups excluding carboxylic acids is 2. The number of hydrogen-bond acceptors (Lipinski definition) is 3. The topological polar surface area (TPSA) is 75.4 Å². The van der Waals surface area contributed by atoms with Crippen molar-refractivity contribution in [2.24, 2.45) is 17.6 Å². The standard InChI is InChI=1S/C18H27N3O2.ClH/c1-13(2)17(22)20-11-15-4-3-9-21(12-15)18(23)16-7-5-14(10-19)6-8-16;/h5-8,13,15H,3-4,9-12,19H2,1-2H3,(H,20,22);1H. The predicted octanol–water partition coefficient (Wildman–Crippen LogP) is 2.19. The van der Waals surface area contributed by atoms with Gasteiger partial charge in [-0.3, -0.25) is 9.59 Å². The van der Waals surface area contributed by atoms with E-state index in [4.69, 9.17) is 5.73 Å². The van der Waals surface area contributed by atoms with Gasteiger partial charge in [0, 0.05) is 37.7 Å². The highest BCUT2D eigenvalue weighted by molar-refractivity contribution is 5.94. The number of carbonyl (C=O) groups is 2. The number of hydrogen-bond donors (Lipinski definition) is 2. The molecular weight excluding hydrogens is 326 g/mol. The largest absolute Gasteiger partial charge is 0.356 e. The third kappa shape index (κ3) is 5.49. The van der Waals surface area contributed by atoms with E-state index in [0.717, 1.165) is 24.9 Å². The van der Waals surface area contributed by atoms with Gasteiger partial charge < -0.3 is 16.0 Å². The number of nitrogens with two attached hydrogens (primary N) is 1. The van der Waals surface area contributed by atoms with Gasteiger partial charge in [-0.15, -0.1) is 12.4 Å². The molecule has 1 saturated heterocycles. The molecule has 3 N–H and O–H groups in total. The Bertz CT molecular complexity index is 546. The van der Waals surface area contributed by atoms with E-state index >= 15 is 0 Å². The van der Waals surface area contributed by atoms with Crippen molar-refractivity contribution in [3.05, 3.63) is 35.4 Å². The lowest BCUT2D eigenvalue weighted by atomic mass is 9.97. The Morgan fingerprint density at radius 2 is 1.96 bits per heavy atom. The second kappa shape index (κ2) is 9.64. The molecule has 24 heavy (non-hydrogen) atoms. The van der Waals surface area contributed by atoms with E-state index in [-0.39, 0.29) is 30.1 Å². The fourth-order valence-electron chi connectivity index (χ4n) is 2.83. The average molecular weight is 354 g/mol. The molecule has 0 bridgehead atoms. The van der Waals surface area contributed by atoms with Gasteiger partial charge in [-0.05, 0) is 36.5 Å². The molecule has 0 spiro atoms. The van der Waals surface area contributed by atoms with Crippen LogP contribution in [-0.4, -0.2) is 36.3 Å². The van der Waals surface area contributed by atoms with Crippen molar-refractivity contribution >= 4 is 24.2 Å². The molecule has 1 aliphatic rings. The molecule has 1 aromatic rings. The highest BCUT2D eigenvalue weighted by Crippen LogP contribution is 2.18. The molecular formula is C18H28ClN3O2. The van der Waals surface area contributed by atoms with E-state index in [1.165, 1.54) is 0 Å². The van der Waals surface area contributed by atoms with Crippen molar-refractivity contribution in [3.8, 4) is 0 Å². The van der Waals surface area contributed by atoms with Gasteiger partial charge in [-0.2, -0.15) is 0 Å². The first-order valence-electron chi connectivity index (χ1n) is 8.37. The van der Waals surface area contributed by atoms with Gasteiger partial charge in [0.15, 0.2) is 0 Å². The Hall–Kier alpha value is -1.59. The highest BCUT2D eigenvalue weighted by atomic mass is 35.5. The molecule has 1 heterocycles. The molecule has 0 radical (unpaired) electrons. The van der Waals surface area contributed by atoms with Gasteiger partial charge in [0.1, 0.15) is 0 Å². The van der Waals surface area contributed by atoms with E-state index in [1.807, 2.05) is 43.0 Å². The fourth-order valence-corrected chi connectivity index (χ4v) is 2.83. The molecule has 5 nitrogen and oxygen atoms in total. The minimum Gasteiger partial charge on any atom is -0.356 e. The summed E-state index contributed by atoms with van der Waals surface area (Å²) in [4.78, 5) is 26.2. The summed E-state index contributed by atoms with van der Waals surface area (Å²) in [6.45, 7) is 6.39. The number of piperidine rings is 1. The van der Waals surface area contributed by atoms with Crippen LogP contribution in [0, 0.1) is 11.8 Å². The van der Waals surface area contributed by atoms with Crippen molar-refractivity contribution in [1.29, 1.82) is 0 Å². The third-order valence-corrected chi connectivity index (χ3v) is 4.33. The van der Waals surface area contributed by atoms with Crippen molar-refractivity contribution in [2.75, 3.05) is 19.6 Å². The maximum atomic E-state index is 12.6. The Labute approximate surface area is 150 Å². The molecule has 134 valence electrons. The summed E-state index contributed by atoms with van der Waals surface area (Å²) in [5.41, 5.74) is 7.31. The van der Waals surface area contributed by atoms with Crippen LogP contribution in [0.1, 0.15) is 42.6 Å². The first-order valence-corrected chi connectivity index (χ1v) is 8.37. The van der Waals surface area contributed by atoms with Gasteiger partial charge in [0.2, 0.25) is 5.91 Å². The Kier molecular flexibility index (Phi) is 8.22. The third-order valence-electron chi connectivity index (χ3n) is 4.33. The number of nitrogens with zero attached hydrogens (tertiary/aromatic N) is 1. The summed E-state index contributed by atoms with van der Waals surface area (Å²) in [6.07, 6.45) is 2.03. The smallest absolute Gasteiger partial charge is 0.253 e. The minimum absolute atomic E-state index is 0. The highest BCUT2D eigenvalue weighted by Gasteiger charge is 2.25. The SMILES string of the molecule is CC(C)C(=O)NCC1CCCN(C(=O)c2ccc(CN)cc2)C1.Cl. The zero-order valence-corrected chi connectivity index (χ0v) is 15.3. The number of amides is 2. The summed E-state index contributed by atoms with van der Waals surface area (Å²) in [7, 11) is 0.